The molecule has 4 rings (SSSR count). The summed E-state index contributed by atoms with van der Waals surface area (Å²) in [6.45, 7) is 1.49. The molecule has 0 bridgehead atoms. The topological polar surface area (TPSA) is 147 Å². The van der Waals surface area contributed by atoms with Gasteiger partial charge in [0.15, 0.2) is 0 Å². The van der Waals surface area contributed by atoms with Crippen molar-refractivity contribution in [1.82, 2.24) is 9.44 Å². The molecule has 172 valence electrons. The number of amides is 1. The number of carbonyl (C=O) groups is 1. The van der Waals surface area contributed by atoms with E-state index in [0.29, 0.717) is 11.3 Å². The lowest BCUT2D eigenvalue weighted by atomic mass is 10.2. The first kappa shape index (κ1) is 22.7. The van der Waals surface area contributed by atoms with Crippen LogP contribution in [0.15, 0.2) is 86.1 Å². The molecule has 2 heterocycles. The van der Waals surface area contributed by atoms with Crippen LogP contribution >= 0.6 is 0 Å². The number of fused-ring (bicyclic) bond motifs is 1. The fourth-order valence-corrected chi connectivity index (χ4v) is 5.41. The molecule has 10 nitrogen and oxygen atoms in total. The molecule has 1 aliphatic heterocycles. The maximum absolute atomic E-state index is 12.6. The van der Waals surface area contributed by atoms with Gasteiger partial charge in [-0.05, 0) is 49.4 Å². The molecule has 1 unspecified atom stereocenters. The third-order valence-corrected chi connectivity index (χ3v) is 7.59. The van der Waals surface area contributed by atoms with Crippen LogP contribution in [0.1, 0.15) is 18.2 Å². The van der Waals surface area contributed by atoms with E-state index in [4.69, 9.17) is 4.42 Å². The molecule has 0 fully saturated rings. The van der Waals surface area contributed by atoms with Crippen molar-refractivity contribution in [3.8, 4) is 0 Å². The first-order valence-electron chi connectivity index (χ1n) is 9.79. The number of carbonyl (C=O) groups excluding carboxylic acids is 1. The average Bonchev–Trinajstić information content (AvgIpc) is 3.39. The van der Waals surface area contributed by atoms with Crippen molar-refractivity contribution in [3.63, 3.8) is 0 Å². The second-order valence-electron chi connectivity index (χ2n) is 7.18. The Morgan fingerprint density at radius 1 is 1.12 bits per heavy atom. The summed E-state index contributed by atoms with van der Waals surface area (Å²) in [6, 6.07) is 14.4. The van der Waals surface area contributed by atoms with E-state index in [-0.39, 0.29) is 27.9 Å². The van der Waals surface area contributed by atoms with Crippen molar-refractivity contribution in [2.75, 3.05) is 5.32 Å². The van der Waals surface area contributed by atoms with Crippen LogP contribution in [-0.2, 0) is 31.4 Å². The maximum Gasteiger partial charge on any atom is 0.263 e. The molecule has 0 saturated heterocycles. The van der Waals surface area contributed by atoms with Crippen LogP contribution in [0.4, 0.5) is 5.69 Å². The summed E-state index contributed by atoms with van der Waals surface area (Å²) in [4.78, 5) is 16.9. The fourth-order valence-electron chi connectivity index (χ4n) is 3.13. The smallest absolute Gasteiger partial charge is 0.263 e. The van der Waals surface area contributed by atoms with Crippen LogP contribution in [0.3, 0.4) is 0 Å². The van der Waals surface area contributed by atoms with Gasteiger partial charge in [-0.15, -0.1) is 0 Å². The number of aliphatic imine (C=N–C) groups is 1. The molecular formula is C21H20N4O6S2. The van der Waals surface area contributed by atoms with Gasteiger partial charge in [0.2, 0.25) is 15.9 Å². The molecule has 0 spiro atoms. The van der Waals surface area contributed by atoms with Crippen molar-refractivity contribution >= 4 is 37.5 Å². The number of furan rings is 1. The van der Waals surface area contributed by atoms with Gasteiger partial charge in [-0.1, -0.05) is 18.2 Å². The first-order valence-corrected chi connectivity index (χ1v) is 12.8. The molecule has 33 heavy (non-hydrogen) atoms. The van der Waals surface area contributed by atoms with Crippen LogP contribution in [0.5, 0.6) is 0 Å². The maximum atomic E-state index is 12.6. The van der Waals surface area contributed by atoms with E-state index in [1.807, 2.05) is 0 Å². The summed E-state index contributed by atoms with van der Waals surface area (Å²) < 4.78 is 59.4. The highest BCUT2D eigenvalue weighted by Gasteiger charge is 2.31. The molecule has 1 aromatic heterocycles. The van der Waals surface area contributed by atoms with Crippen molar-refractivity contribution in [3.05, 3.63) is 78.3 Å². The van der Waals surface area contributed by atoms with Crippen molar-refractivity contribution in [2.24, 2.45) is 4.99 Å². The molecule has 1 atom stereocenters. The van der Waals surface area contributed by atoms with E-state index in [0.717, 1.165) is 0 Å². The molecule has 3 N–H and O–H groups in total. The van der Waals surface area contributed by atoms with E-state index >= 15 is 0 Å². The predicted molar refractivity (Wildman–Crippen MR) is 121 cm³/mol. The highest BCUT2D eigenvalue weighted by molar-refractivity contribution is 7.90. The lowest BCUT2D eigenvalue weighted by Crippen LogP contribution is -2.29. The highest BCUT2D eigenvalue weighted by atomic mass is 32.2. The van der Waals surface area contributed by atoms with E-state index in [2.05, 4.69) is 19.8 Å². The lowest BCUT2D eigenvalue weighted by molar-refractivity contribution is -0.117. The highest BCUT2D eigenvalue weighted by Crippen LogP contribution is 2.23. The Morgan fingerprint density at radius 2 is 1.91 bits per heavy atom. The van der Waals surface area contributed by atoms with E-state index < -0.39 is 32.0 Å². The van der Waals surface area contributed by atoms with Crippen LogP contribution < -0.4 is 14.8 Å². The average molecular weight is 489 g/mol. The van der Waals surface area contributed by atoms with E-state index in [1.165, 1.54) is 43.5 Å². The molecule has 3 aromatic rings. The third kappa shape index (κ3) is 4.97. The minimum Gasteiger partial charge on any atom is -0.468 e. The summed E-state index contributed by atoms with van der Waals surface area (Å²) in [7, 11) is -7.57. The Hall–Kier alpha value is -3.48. The van der Waals surface area contributed by atoms with Gasteiger partial charge in [0, 0.05) is 11.3 Å². The molecule has 1 amide bonds. The van der Waals surface area contributed by atoms with Gasteiger partial charge < -0.3 is 9.73 Å². The molecule has 0 aliphatic carbocycles. The fraction of sp³-hybridized carbons (Fsp3) is 0.143. The Bertz CT molecular complexity index is 1430. The lowest BCUT2D eigenvalue weighted by Gasteiger charge is -2.11. The van der Waals surface area contributed by atoms with Crippen LogP contribution in [0, 0.1) is 0 Å². The standard InChI is InChI=1S/C21H20N4O6S2/c1-14(23-20-18-9-2-3-10-19(18)33(29,30)25-20)21(26)24-15-6-4-8-17(12-15)32(27,28)22-13-16-7-5-11-31-16/h2-12,14,22H,13H2,1H3,(H,23,25)(H,24,26). The number of rotatable bonds is 7. The number of hydrogen-bond acceptors (Lipinski definition) is 7. The predicted octanol–water partition coefficient (Wildman–Crippen LogP) is 1.82. The van der Waals surface area contributed by atoms with E-state index in [9.17, 15) is 21.6 Å². The number of hydrogen-bond donors (Lipinski definition) is 3. The van der Waals surface area contributed by atoms with Crippen molar-refractivity contribution in [2.45, 2.75) is 29.3 Å². The Kier molecular flexibility index (Phi) is 6.06. The molecule has 1 aliphatic rings. The molecule has 12 heteroatoms. The molecular weight excluding hydrogens is 468 g/mol. The zero-order valence-electron chi connectivity index (χ0n) is 17.3. The quantitative estimate of drug-likeness (QED) is 0.462. The number of anilines is 1. The van der Waals surface area contributed by atoms with Gasteiger partial charge >= 0.3 is 0 Å². The summed E-state index contributed by atoms with van der Waals surface area (Å²) in [6.07, 6.45) is 1.44. The summed E-state index contributed by atoms with van der Waals surface area (Å²) in [5.41, 5.74) is 0.633. The first-order chi connectivity index (χ1) is 15.7. The third-order valence-electron chi connectivity index (χ3n) is 4.79. The minimum atomic E-state index is -3.85. The van der Waals surface area contributed by atoms with Crippen molar-refractivity contribution in [1.29, 1.82) is 0 Å². The number of nitrogens with zero attached hydrogens (tertiary/aromatic N) is 1. The molecule has 0 radical (unpaired) electrons. The van der Waals surface area contributed by atoms with Crippen LogP contribution in [0.25, 0.3) is 0 Å². The van der Waals surface area contributed by atoms with Gasteiger partial charge in [0.1, 0.15) is 17.6 Å². The van der Waals surface area contributed by atoms with Gasteiger partial charge in [-0.2, -0.15) is 0 Å². The Morgan fingerprint density at radius 3 is 2.67 bits per heavy atom. The second-order valence-corrected chi connectivity index (χ2v) is 10.6. The summed E-state index contributed by atoms with van der Waals surface area (Å²) in [5.74, 6) is -0.00375. The molecule has 2 aromatic carbocycles. The van der Waals surface area contributed by atoms with Crippen LogP contribution in [-0.4, -0.2) is 34.6 Å². The van der Waals surface area contributed by atoms with E-state index in [1.54, 1.807) is 30.3 Å². The summed E-state index contributed by atoms with van der Waals surface area (Å²) in [5, 5.41) is 2.61. The second kappa shape index (κ2) is 8.81. The number of nitrogens with one attached hydrogen (secondary N) is 3. The normalized spacial score (nSPS) is 16.7. The van der Waals surface area contributed by atoms with Gasteiger partial charge in [0.25, 0.3) is 10.0 Å². The number of sulfonamides is 2. The number of amidine groups is 1. The minimum absolute atomic E-state index is 0.0160. The number of benzene rings is 2. The largest absolute Gasteiger partial charge is 0.468 e. The monoisotopic (exact) mass is 488 g/mol. The Balaban J connectivity index is 1.47. The zero-order valence-corrected chi connectivity index (χ0v) is 19.0. The van der Waals surface area contributed by atoms with Gasteiger partial charge in [-0.3, -0.25) is 14.5 Å². The SMILES string of the molecule is CC(N=C1NS(=O)(=O)c2ccccc21)C(=O)Nc1cccc(S(=O)(=O)NCc2ccco2)c1. The van der Waals surface area contributed by atoms with Gasteiger partial charge in [-0.25, -0.2) is 21.6 Å². The molecule has 0 saturated carbocycles. The van der Waals surface area contributed by atoms with Crippen LogP contribution in [0.2, 0.25) is 0 Å². The summed E-state index contributed by atoms with van der Waals surface area (Å²) >= 11 is 0. The van der Waals surface area contributed by atoms with Gasteiger partial charge in [0.05, 0.1) is 22.6 Å². The Labute approximate surface area is 190 Å². The zero-order chi connectivity index (χ0) is 23.6. The van der Waals surface area contributed by atoms with Crippen molar-refractivity contribution < 1.29 is 26.0 Å².